The van der Waals surface area contributed by atoms with E-state index in [9.17, 15) is 4.79 Å². The lowest BCUT2D eigenvalue weighted by atomic mass is 9.93. The third-order valence-electron chi connectivity index (χ3n) is 5.95. The molecule has 2 fully saturated rings. The summed E-state index contributed by atoms with van der Waals surface area (Å²) in [4.78, 5) is 15.6. The van der Waals surface area contributed by atoms with Crippen LogP contribution in [0.25, 0.3) is 0 Å². The molecule has 1 amide bonds. The van der Waals surface area contributed by atoms with Gasteiger partial charge < -0.3 is 10.1 Å². The Hall–Kier alpha value is -2.17. The van der Waals surface area contributed by atoms with E-state index in [1.54, 1.807) is 0 Å². The molecule has 1 N–H and O–H groups in total. The summed E-state index contributed by atoms with van der Waals surface area (Å²) in [6, 6.07) is 19.1. The molecular formula is C24H30N2O2. The number of carbonyl (C=O) groups excluding carboxylic acids is 1. The highest BCUT2D eigenvalue weighted by Crippen LogP contribution is 2.42. The second-order valence-electron chi connectivity index (χ2n) is 8.05. The Morgan fingerprint density at radius 1 is 1.04 bits per heavy atom. The first-order chi connectivity index (χ1) is 13.7. The second kappa shape index (κ2) is 8.89. The molecule has 28 heavy (non-hydrogen) atoms. The van der Waals surface area contributed by atoms with Gasteiger partial charge in [-0.2, -0.15) is 0 Å². The predicted octanol–water partition coefficient (Wildman–Crippen LogP) is 3.68. The summed E-state index contributed by atoms with van der Waals surface area (Å²) in [5, 5.41) is 3.29. The van der Waals surface area contributed by atoms with Gasteiger partial charge >= 0.3 is 0 Å². The van der Waals surface area contributed by atoms with Crippen molar-refractivity contribution in [1.82, 2.24) is 10.2 Å². The van der Waals surface area contributed by atoms with E-state index in [0.717, 1.165) is 44.7 Å². The number of carbonyl (C=O) groups is 1. The van der Waals surface area contributed by atoms with Gasteiger partial charge in [-0.1, -0.05) is 60.2 Å². The van der Waals surface area contributed by atoms with E-state index in [-0.39, 0.29) is 17.9 Å². The molecule has 2 aliphatic rings. The van der Waals surface area contributed by atoms with Gasteiger partial charge in [-0.05, 0) is 36.8 Å². The molecule has 0 bridgehead atoms. The Morgan fingerprint density at radius 3 is 2.36 bits per heavy atom. The Morgan fingerprint density at radius 2 is 1.71 bits per heavy atom. The lowest BCUT2D eigenvalue weighted by Gasteiger charge is -2.35. The number of hydrogen-bond acceptors (Lipinski definition) is 3. The number of nitrogens with one attached hydrogen (secondary N) is 1. The maximum absolute atomic E-state index is 13.1. The highest BCUT2D eigenvalue weighted by molar-refractivity contribution is 5.84. The number of amides is 1. The number of ether oxygens (including phenoxy) is 1. The normalized spacial score (nSPS) is 19.8. The Bertz CT molecular complexity index is 765. The van der Waals surface area contributed by atoms with Crippen molar-refractivity contribution in [3.05, 3.63) is 71.3 Å². The number of hydrogen-bond donors (Lipinski definition) is 1. The van der Waals surface area contributed by atoms with E-state index < -0.39 is 0 Å². The van der Waals surface area contributed by atoms with Crippen molar-refractivity contribution in [3.63, 3.8) is 0 Å². The van der Waals surface area contributed by atoms with Crippen LogP contribution in [0.2, 0.25) is 0 Å². The molecule has 148 valence electrons. The van der Waals surface area contributed by atoms with Crippen molar-refractivity contribution in [3.8, 4) is 0 Å². The van der Waals surface area contributed by atoms with Crippen molar-refractivity contribution < 1.29 is 9.53 Å². The maximum Gasteiger partial charge on any atom is 0.227 e. The molecular weight excluding hydrogens is 348 g/mol. The summed E-state index contributed by atoms with van der Waals surface area (Å²) in [5.74, 6) is 0.632. The third kappa shape index (κ3) is 4.62. The van der Waals surface area contributed by atoms with Crippen LogP contribution in [-0.2, 0) is 9.53 Å². The van der Waals surface area contributed by atoms with E-state index in [2.05, 4.69) is 53.5 Å². The van der Waals surface area contributed by atoms with Gasteiger partial charge in [0.25, 0.3) is 0 Å². The quantitative estimate of drug-likeness (QED) is 0.799. The number of morpholine rings is 1. The molecule has 2 aromatic rings. The van der Waals surface area contributed by atoms with Crippen molar-refractivity contribution in [2.24, 2.45) is 5.92 Å². The summed E-state index contributed by atoms with van der Waals surface area (Å²) in [5.41, 5.74) is 3.66. The van der Waals surface area contributed by atoms with Gasteiger partial charge in [0.2, 0.25) is 5.91 Å². The standard InChI is InChI=1S/C24H30N2O2/c1-18-7-9-19(10-8-18)22(26-13-15-28-16-14-26)17-25-24(27)23(21-11-12-21)20-5-3-2-4-6-20/h2-10,21-23H,11-17H2,1H3,(H,25,27). The van der Waals surface area contributed by atoms with E-state index in [0.29, 0.717) is 12.5 Å². The zero-order valence-electron chi connectivity index (χ0n) is 16.6. The Balaban J connectivity index is 1.48. The largest absolute Gasteiger partial charge is 0.379 e. The lowest BCUT2D eigenvalue weighted by Crippen LogP contribution is -2.44. The molecule has 1 aliphatic heterocycles. The average molecular weight is 379 g/mol. The van der Waals surface area contributed by atoms with Crippen LogP contribution < -0.4 is 5.32 Å². The molecule has 4 nitrogen and oxygen atoms in total. The minimum absolute atomic E-state index is 0.0236. The molecule has 2 unspecified atom stereocenters. The summed E-state index contributed by atoms with van der Waals surface area (Å²) in [6.07, 6.45) is 2.30. The highest BCUT2D eigenvalue weighted by atomic mass is 16.5. The van der Waals surface area contributed by atoms with Gasteiger partial charge in [0.1, 0.15) is 0 Å². The highest BCUT2D eigenvalue weighted by Gasteiger charge is 2.37. The first kappa shape index (κ1) is 19.2. The van der Waals surface area contributed by atoms with Gasteiger partial charge in [0.05, 0.1) is 25.2 Å². The molecule has 1 heterocycles. The van der Waals surface area contributed by atoms with Crippen LogP contribution in [0.15, 0.2) is 54.6 Å². The SMILES string of the molecule is Cc1ccc(C(CNC(=O)C(c2ccccc2)C2CC2)N2CCOCC2)cc1. The fraction of sp³-hybridized carbons (Fsp3) is 0.458. The minimum Gasteiger partial charge on any atom is -0.379 e. The van der Waals surface area contributed by atoms with Gasteiger partial charge in [-0.15, -0.1) is 0 Å². The topological polar surface area (TPSA) is 41.6 Å². The van der Waals surface area contributed by atoms with Crippen molar-refractivity contribution in [1.29, 1.82) is 0 Å². The molecule has 0 spiro atoms. The van der Waals surface area contributed by atoms with E-state index >= 15 is 0 Å². The molecule has 4 heteroatoms. The van der Waals surface area contributed by atoms with Gasteiger partial charge in [0, 0.05) is 19.6 Å². The van der Waals surface area contributed by atoms with Gasteiger partial charge in [-0.3, -0.25) is 9.69 Å². The predicted molar refractivity (Wildman–Crippen MR) is 111 cm³/mol. The molecule has 1 aliphatic carbocycles. The lowest BCUT2D eigenvalue weighted by molar-refractivity contribution is -0.123. The van der Waals surface area contributed by atoms with Crippen molar-refractivity contribution in [2.75, 3.05) is 32.8 Å². The van der Waals surface area contributed by atoms with Crippen molar-refractivity contribution in [2.45, 2.75) is 31.7 Å². The van der Waals surface area contributed by atoms with Crippen LogP contribution in [0.3, 0.4) is 0 Å². The zero-order chi connectivity index (χ0) is 19.3. The van der Waals surface area contributed by atoms with Crippen LogP contribution >= 0.6 is 0 Å². The summed E-state index contributed by atoms with van der Waals surface area (Å²) >= 11 is 0. The molecule has 0 radical (unpaired) electrons. The number of aryl methyl sites for hydroxylation is 1. The number of nitrogens with zero attached hydrogens (tertiary/aromatic N) is 1. The first-order valence-corrected chi connectivity index (χ1v) is 10.4. The third-order valence-corrected chi connectivity index (χ3v) is 5.95. The van der Waals surface area contributed by atoms with E-state index in [1.165, 1.54) is 11.1 Å². The number of rotatable bonds is 7. The molecule has 0 aromatic heterocycles. The van der Waals surface area contributed by atoms with E-state index in [4.69, 9.17) is 4.74 Å². The smallest absolute Gasteiger partial charge is 0.227 e. The molecule has 4 rings (SSSR count). The van der Waals surface area contributed by atoms with Crippen LogP contribution in [0, 0.1) is 12.8 Å². The fourth-order valence-electron chi connectivity index (χ4n) is 4.17. The maximum atomic E-state index is 13.1. The number of benzene rings is 2. The zero-order valence-corrected chi connectivity index (χ0v) is 16.6. The van der Waals surface area contributed by atoms with Crippen LogP contribution in [0.4, 0.5) is 0 Å². The molecule has 2 aromatic carbocycles. The fourth-order valence-corrected chi connectivity index (χ4v) is 4.17. The molecule has 1 saturated heterocycles. The van der Waals surface area contributed by atoms with Crippen LogP contribution in [-0.4, -0.2) is 43.7 Å². The summed E-state index contributed by atoms with van der Waals surface area (Å²) in [6.45, 7) is 6.06. The monoisotopic (exact) mass is 378 g/mol. The van der Waals surface area contributed by atoms with Crippen LogP contribution in [0.1, 0.15) is 41.5 Å². The van der Waals surface area contributed by atoms with Crippen LogP contribution in [0.5, 0.6) is 0 Å². The Labute approximate surface area is 167 Å². The minimum atomic E-state index is -0.0236. The average Bonchev–Trinajstić information content (AvgIpc) is 3.56. The van der Waals surface area contributed by atoms with Gasteiger partial charge in [-0.25, -0.2) is 0 Å². The summed E-state index contributed by atoms with van der Waals surface area (Å²) in [7, 11) is 0. The molecule has 2 atom stereocenters. The summed E-state index contributed by atoms with van der Waals surface area (Å²) < 4.78 is 5.54. The second-order valence-corrected chi connectivity index (χ2v) is 8.05. The Kier molecular flexibility index (Phi) is 6.08. The van der Waals surface area contributed by atoms with Gasteiger partial charge in [0.15, 0.2) is 0 Å². The van der Waals surface area contributed by atoms with E-state index in [1.807, 2.05) is 18.2 Å². The first-order valence-electron chi connectivity index (χ1n) is 10.4. The van der Waals surface area contributed by atoms with Crippen molar-refractivity contribution >= 4 is 5.91 Å². The molecule has 1 saturated carbocycles.